The van der Waals surface area contributed by atoms with E-state index in [4.69, 9.17) is 23.2 Å². The summed E-state index contributed by atoms with van der Waals surface area (Å²) in [5.74, 6) is -1.15. The molecule has 0 radical (unpaired) electrons. The molecule has 0 aromatic heterocycles. The molecular formula is C6H2Cl2O2. The molecule has 0 unspecified atom stereocenters. The zero-order valence-corrected chi connectivity index (χ0v) is 6.29. The third-order valence-electron chi connectivity index (χ3n) is 1.14. The minimum Gasteiger partial charge on any atom is -0.287 e. The molecule has 0 aromatic carbocycles. The molecule has 0 aliphatic heterocycles. The van der Waals surface area contributed by atoms with E-state index in [0.29, 0.717) is 0 Å². The van der Waals surface area contributed by atoms with E-state index in [1.54, 1.807) is 0 Å². The number of carbonyl (C=O) groups excluding carboxylic acids is 2. The summed E-state index contributed by atoms with van der Waals surface area (Å²) in [6.45, 7) is 3.21. The van der Waals surface area contributed by atoms with E-state index in [1.165, 1.54) is 0 Å². The monoisotopic (exact) mass is 176 g/mol. The molecule has 1 aliphatic rings. The van der Waals surface area contributed by atoms with Crippen LogP contribution in [0, 0.1) is 0 Å². The Labute approximate surface area is 67.1 Å². The van der Waals surface area contributed by atoms with Crippen molar-refractivity contribution in [3.63, 3.8) is 0 Å². The molecular weight excluding hydrogens is 175 g/mol. The highest BCUT2D eigenvalue weighted by atomic mass is 35.5. The van der Waals surface area contributed by atoms with E-state index in [0.717, 1.165) is 0 Å². The number of rotatable bonds is 0. The Morgan fingerprint density at radius 3 is 1.40 bits per heavy atom. The summed E-state index contributed by atoms with van der Waals surface area (Å²) in [6.07, 6.45) is 0. The highest BCUT2D eigenvalue weighted by molar-refractivity contribution is 6.64. The van der Waals surface area contributed by atoms with E-state index < -0.39 is 11.6 Å². The van der Waals surface area contributed by atoms with Crippen molar-refractivity contribution in [2.24, 2.45) is 0 Å². The van der Waals surface area contributed by atoms with Crippen LogP contribution in [0.5, 0.6) is 0 Å². The lowest BCUT2D eigenvalue weighted by atomic mass is 10.2. The maximum absolute atomic E-state index is 10.7. The number of halogens is 2. The molecule has 1 aliphatic carbocycles. The van der Waals surface area contributed by atoms with Crippen LogP contribution in [-0.2, 0) is 9.59 Å². The van der Waals surface area contributed by atoms with Gasteiger partial charge in [0, 0.05) is 0 Å². The first-order valence-electron chi connectivity index (χ1n) is 2.39. The molecule has 1 rings (SSSR count). The molecule has 0 fully saturated rings. The molecule has 0 heterocycles. The Kier molecular flexibility index (Phi) is 1.67. The Hall–Kier alpha value is -0.600. The van der Waals surface area contributed by atoms with Crippen LogP contribution >= 0.6 is 23.2 Å². The largest absolute Gasteiger partial charge is 0.287 e. The van der Waals surface area contributed by atoms with Gasteiger partial charge in [0.2, 0.25) is 11.6 Å². The number of Topliss-reactive ketones (excluding diaryl/α,β-unsaturated/α-hetero) is 2. The molecule has 0 N–H and O–H groups in total. The van der Waals surface area contributed by atoms with Gasteiger partial charge in [-0.1, -0.05) is 29.8 Å². The van der Waals surface area contributed by atoms with Gasteiger partial charge in [-0.05, 0) is 0 Å². The summed E-state index contributed by atoms with van der Waals surface area (Å²) < 4.78 is 0. The number of allylic oxidation sites excluding steroid dienone is 3. The first-order valence-corrected chi connectivity index (χ1v) is 3.15. The fraction of sp³-hybridized carbons (Fsp3) is 0. The van der Waals surface area contributed by atoms with E-state index in [2.05, 4.69) is 6.58 Å². The van der Waals surface area contributed by atoms with E-state index in [9.17, 15) is 9.59 Å². The second-order valence-corrected chi connectivity index (χ2v) is 2.52. The molecule has 52 valence electrons. The predicted octanol–water partition coefficient (Wildman–Crippen LogP) is 1.38. The van der Waals surface area contributed by atoms with E-state index >= 15 is 0 Å². The number of hydrogen-bond acceptors (Lipinski definition) is 2. The molecule has 0 aromatic rings. The average molecular weight is 177 g/mol. The highest BCUT2D eigenvalue weighted by Gasteiger charge is 2.32. The van der Waals surface area contributed by atoms with Gasteiger partial charge in [-0.2, -0.15) is 0 Å². The fourth-order valence-corrected chi connectivity index (χ4v) is 0.967. The van der Waals surface area contributed by atoms with Crippen molar-refractivity contribution in [3.8, 4) is 0 Å². The van der Waals surface area contributed by atoms with Gasteiger partial charge in [-0.25, -0.2) is 0 Å². The van der Waals surface area contributed by atoms with Gasteiger partial charge < -0.3 is 0 Å². The maximum atomic E-state index is 10.7. The van der Waals surface area contributed by atoms with Crippen LogP contribution in [0.2, 0.25) is 0 Å². The van der Waals surface area contributed by atoms with Gasteiger partial charge >= 0.3 is 0 Å². The van der Waals surface area contributed by atoms with Crippen molar-refractivity contribution in [1.82, 2.24) is 0 Å². The molecule has 0 atom stereocenters. The topological polar surface area (TPSA) is 34.1 Å². The summed E-state index contributed by atoms with van der Waals surface area (Å²) in [7, 11) is 0. The molecule has 2 nitrogen and oxygen atoms in total. The molecule has 4 heteroatoms. The third-order valence-corrected chi connectivity index (χ3v) is 1.96. The quantitative estimate of drug-likeness (QED) is 0.413. The molecule has 0 amide bonds. The van der Waals surface area contributed by atoms with Crippen LogP contribution in [0.1, 0.15) is 0 Å². The number of carbonyl (C=O) groups is 2. The Balaban J connectivity index is 3.24. The van der Waals surface area contributed by atoms with Crippen LogP contribution in [0.3, 0.4) is 0 Å². The van der Waals surface area contributed by atoms with Crippen LogP contribution in [-0.4, -0.2) is 11.6 Å². The van der Waals surface area contributed by atoms with Crippen molar-refractivity contribution in [2.45, 2.75) is 0 Å². The molecule has 0 bridgehead atoms. The van der Waals surface area contributed by atoms with Gasteiger partial charge in [0.25, 0.3) is 0 Å². The Morgan fingerprint density at radius 1 is 1.00 bits per heavy atom. The molecule has 0 spiro atoms. The number of ketones is 2. The zero-order chi connectivity index (χ0) is 7.89. The standard InChI is InChI=1S/C6H2Cl2O2/c1-2-5(9)3(7)4(8)6(2)10/h1H2. The normalized spacial score (nSPS) is 19.2. The van der Waals surface area contributed by atoms with Gasteiger partial charge in [-0.3, -0.25) is 9.59 Å². The van der Waals surface area contributed by atoms with Gasteiger partial charge in [0.15, 0.2) is 0 Å². The zero-order valence-electron chi connectivity index (χ0n) is 4.78. The van der Waals surface area contributed by atoms with Crippen molar-refractivity contribution < 1.29 is 9.59 Å². The lowest BCUT2D eigenvalue weighted by molar-refractivity contribution is -0.115. The maximum Gasteiger partial charge on any atom is 0.209 e. The van der Waals surface area contributed by atoms with Crippen LogP contribution < -0.4 is 0 Å². The first kappa shape index (κ1) is 7.51. The first-order chi connectivity index (χ1) is 4.55. The van der Waals surface area contributed by atoms with E-state index in [1.807, 2.05) is 0 Å². The minimum absolute atomic E-state index is 0.157. The minimum atomic E-state index is -0.573. The van der Waals surface area contributed by atoms with Crippen LogP contribution in [0.25, 0.3) is 0 Å². The molecule has 0 saturated heterocycles. The lowest BCUT2D eigenvalue weighted by Gasteiger charge is -1.83. The highest BCUT2D eigenvalue weighted by Crippen LogP contribution is 2.28. The molecule has 0 saturated carbocycles. The average Bonchev–Trinajstić information content (AvgIpc) is 2.07. The van der Waals surface area contributed by atoms with E-state index in [-0.39, 0.29) is 15.6 Å². The lowest BCUT2D eigenvalue weighted by Crippen LogP contribution is -1.99. The van der Waals surface area contributed by atoms with Crippen LogP contribution in [0.4, 0.5) is 0 Å². The third kappa shape index (κ3) is 0.805. The van der Waals surface area contributed by atoms with Crippen LogP contribution in [0.15, 0.2) is 22.2 Å². The van der Waals surface area contributed by atoms with Gasteiger partial charge in [-0.15, -0.1) is 0 Å². The summed E-state index contributed by atoms with van der Waals surface area (Å²) in [5, 5.41) is -0.451. The predicted molar refractivity (Wildman–Crippen MR) is 37.9 cm³/mol. The summed E-state index contributed by atoms with van der Waals surface area (Å²) >= 11 is 10.6. The second kappa shape index (κ2) is 2.22. The fourth-order valence-electron chi connectivity index (χ4n) is 0.567. The Bertz CT molecular complexity index is 249. The van der Waals surface area contributed by atoms with Gasteiger partial charge in [0.1, 0.15) is 10.1 Å². The van der Waals surface area contributed by atoms with Crippen molar-refractivity contribution in [3.05, 3.63) is 22.2 Å². The Morgan fingerprint density at radius 2 is 1.30 bits per heavy atom. The van der Waals surface area contributed by atoms with Crippen molar-refractivity contribution >= 4 is 34.8 Å². The van der Waals surface area contributed by atoms with Gasteiger partial charge in [0.05, 0.1) is 5.57 Å². The second-order valence-electron chi connectivity index (χ2n) is 1.76. The SMILES string of the molecule is C=C1C(=O)C(Cl)=C(Cl)C1=O. The number of hydrogen-bond donors (Lipinski definition) is 0. The molecule has 10 heavy (non-hydrogen) atoms. The summed E-state index contributed by atoms with van der Waals surface area (Å²) in [6, 6.07) is 0. The van der Waals surface area contributed by atoms with Crippen molar-refractivity contribution in [1.29, 1.82) is 0 Å². The van der Waals surface area contributed by atoms with Crippen molar-refractivity contribution in [2.75, 3.05) is 0 Å². The summed E-state index contributed by atoms with van der Waals surface area (Å²) in [4.78, 5) is 21.5. The smallest absolute Gasteiger partial charge is 0.209 e. The summed E-state index contributed by atoms with van der Waals surface area (Å²) in [5.41, 5.74) is -0.157.